The Morgan fingerprint density at radius 1 is 0.625 bits per heavy atom. The summed E-state index contributed by atoms with van der Waals surface area (Å²) in [5.41, 5.74) is 4.29. The van der Waals surface area contributed by atoms with Gasteiger partial charge in [-0.3, -0.25) is 4.79 Å². The lowest BCUT2D eigenvalue weighted by molar-refractivity contribution is -0.141. The van der Waals surface area contributed by atoms with Crippen molar-refractivity contribution < 1.29 is 14.3 Å². The number of carbonyl (C=O) groups excluding carboxylic acids is 1. The Bertz CT molecular complexity index is 1180. The van der Waals surface area contributed by atoms with Gasteiger partial charge in [-0.2, -0.15) is 20.5 Å². The molecular formula is C32H41N5O3. The monoisotopic (exact) mass is 543 g/mol. The zero-order valence-electron chi connectivity index (χ0n) is 24.0. The lowest BCUT2D eigenvalue weighted by Gasteiger charge is -2.24. The van der Waals surface area contributed by atoms with Crippen LogP contribution < -0.4 is 9.64 Å². The molecule has 0 radical (unpaired) electrons. The molecule has 3 aromatic carbocycles. The van der Waals surface area contributed by atoms with E-state index >= 15 is 0 Å². The number of unbranched alkanes of at least 4 members (excludes halogenated alkanes) is 3. The first-order chi connectivity index (χ1) is 19.6. The number of carbonyl (C=O) groups is 1. The number of ether oxygens (including phenoxy) is 2. The van der Waals surface area contributed by atoms with E-state index in [-0.39, 0.29) is 5.97 Å². The van der Waals surface area contributed by atoms with Crippen LogP contribution in [0.15, 0.2) is 93.3 Å². The van der Waals surface area contributed by atoms with Gasteiger partial charge >= 0.3 is 5.97 Å². The van der Waals surface area contributed by atoms with Gasteiger partial charge in [0.15, 0.2) is 0 Å². The van der Waals surface area contributed by atoms with Crippen molar-refractivity contribution in [1.29, 1.82) is 0 Å². The third-order valence-electron chi connectivity index (χ3n) is 6.14. The van der Waals surface area contributed by atoms with E-state index in [1.165, 1.54) is 38.3 Å². The fourth-order valence-corrected chi connectivity index (χ4v) is 3.83. The SMILES string of the molecule is CCCCN(CCCC)c1ccc(N=Nc2ccc(N=Nc3ccc(OCCCCOC(C)=O)cc3)cc2)cc1. The van der Waals surface area contributed by atoms with Crippen LogP contribution in [0.2, 0.25) is 0 Å². The minimum atomic E-state index is -0.254. The number of rotatable bonds is 17. The van der Waals surface area contributed by atoms with Crippen molar-refractivity contribution in [3.8, 4) is 5.75 Å². The minimum Gasteiger partial charge on any atom is -0.494 e. The Labute approximate surface area is 238 Å². The molecule has 8 heteroatoms. The van der Waals surface area contributed by atoms with Gasteiger partial charge < -0.3 is 14.4 Å². The second kappa shape index (κ2) is 17.5. The summed E-state index contributed by atoms with van der Waals surface area (Å²) in [7, 11) is 0. The minimum absolute atomic E-state index is 0.254. The van der Waals surface area contributed by atoms with Crippen LogP contribution in [0.3, 0.4) is 0 Å². The highest BCUT2D eigenvalue weighted by Crippen LogP contribution is 2.26. The standard InChI is InChI=1S/C32H41N5O3/c1-4-6-22-37(23-7-5-2)31-18-14-29(15-19-31)35-33-27-10-12-28(13-11-27)34-36-30-16-20-32(21-17-30)40-25-9-8-24-39-26(3)38/h10-21H,4-9,22-25H2,1-3H3. The summed E-state index contributed by atoms with van der Waals surface area (Å²) >= 11 is 0. The van der Waals surface area contributed by atoms with Crippen molar-refractivity contribution in [3.63, 3.8) is 0 Å². The predicted octanol–water partition coefficient (Wildman–Crippen LogP) is 9.65. The fourth-order valence-electron chi connectivity index (χ4n) is 3.83. The van der Waals surface area contributed by atoms with Gasteiger partial charge in [0.1, 0.15) is 5.75 Å². The molecule has 3 aromatic rings. The topological polar surface area (TPSA) is 88.2 Å². The molecule has 40 heavy (non-hydrogen) atoms. The van der Waals surface area contributed by atoms with Gasteiger partial charge in [0.2, 0.25) is 0 Å². The number of azo groups is 2. The van der Waals surface area contributed by atoms with Crippen LogP contribution in [-0.4, -0.2) is 32.3 Å². The Morgan fingerprint density at radius 2 is 1.05 bits per heavy atom. The van der Waals surface area contributed by atoms with Crippen LogP contribution in [0, 0.1) is 0 Å². The molecule has 212 valence electrons. The van der Waals surface area contributed by atoms with Crippen LogP contribution in [0.1, 0.15) is 59.3 Å². The number of benzene rings is 3. The van der Waals surface area contributed by atoms with Crippen LogP contribution in [0.4, 0.5) is 28.4 Å². The van der Waals surface area contributed by atoms with Gasteiger partial charge in [0.05, 0.1) is 36.0 Å². The van der Waals surface area contributed by atoms with Crippen molar-refractivity contribution in [2.45, 2.75) is 59.3 Å². The molecule has 0 aliphatic rings. The first-order valence-corrected chi connectivity index (χ1v) is 14.2. The number of hydrogen-bond donors (Lipinski definition) is 0. The van der Waals surface area contributed by atoms with Crippen LogP contribution in [-0.2, 0) is 9.53 Å². The molecule has 3 rings (SSSR count). The third-order valence-corrected chi connectivity index (χ3v) is 6.14. The summed E-state index contributed by atoms with van der Waals surface area (Å²) in [5.74, 6) is 0.511. The van der Waals surface area contributed by atoms with E-state index in [1.807, 2.05) is 60.7 Å². The summed E-state index contributed by atoms with van der Waals surface area (Å²) in [4.78, 5) is 13.2. The van der Waals surface area contributed by atoms with Crippen molar-refractivity contribution >= 4 is 34.4 Å². The molecule has 8 nitrogen and oxygen atoms in total. The van der Waals surface area contributed by atoms with E-state index in [0.29, 0.717) is 13.2 Å². The predicted molar refractivity (Wildman–Crippen MR) is 161 cm³/mol. The van der Waals surface area contributed by atoms with E-state index in [4.69, 9.17) is 9.47 Å². The molecule has 0 heterocycles. The fraction of sp³-hybridized carbons (Fsp3) is 0.406. The molecule has 0 bridgehead atoms. The summed E-state index contributed by atoms with van der Waals surface area (Å²) in [6.07, 6.45) is 6.37. The molecule has 0 saturated carbocycles. The van der Waals surface area contributed by atoms with Crippen LogP contribution in [0.5, 0.6) is 5.75 Å². The van der Waals surface area contributed by atoms with E-state index in [0.717, 1.165) is 54.4 Å². The third kappa shape index (κ3) is 11.4. The summed E-state index contributed by atoms with van der Waals surface area (Å²) in [6.45, 7) is 9.03. The summed E-state index contributed by atoms with van der Waals surface area (Å²) < 4.78 is 10.6. The molecule has 0 N–H and O–H groups in total. The largest absolute Gasteiger partial charge is 0.494 e. The van der Waals surface area contributed by atoms with Gasteiger partial charge in [-0.25, -0.2) is 0 Å². The van der Waals surface area contributed by atoms with E-state index < -0.39 is 0 Å². The molecule has 0 spiro atoms. The average Bonchev–Trinajstić information content (AvgIpc) is 2.98. The van der Waals surface area contributed by atoms with Crippen molar-refractivity contribution in [3.05, 3.63) is 72.8 Å². The van der Waals surface area contributed by atoms with Crippen LogP contribution >= 0.6 is 0 Å². The molecule has 0 aliphatic carbocycles. The first-order valence-electron chi connectivity index (χ1n) is 14.2. The molecule has 0 unspecified atom stereocenters. The number of hydrogen-bond acceptors (Lipinski definition) is 8. The van der Waals surface area contributed by atoms with Gasteiger partial charge in [0.25, 0.3) is 0 Å². The Balaban J connectivity index is 1.47. The highest BCUT2D eigenvalue weighted by molar-refractivity contribution is 5.65. The number of esters is 1. The second-order valence-electron chi connectivity index (χ2n) is 9.52. The molecule has 0 atom stereocenters. The van der Waals surface area contributed by atoms with E-state index in [1.54, 1.807) is 0 Å². The molecule has 0 aromatic heterocycles. The lowest BCUT2D eigenvalue weighted by atomic mass is 10.2. The van der Waals surface area contributed by atoms with Crippen LogP contribution in [0.25, 0.3) is 0 Å². The van der Waals surface area contributed by atoms with Gasteiger partial charge in [-0.1, -0.05) is 26.7 Å². The summed E-state index contributed by atoms with van der Waals surface area (Å²) in [5, 5.41) is 17.4. The first kappa shape index (κ1) is 30.5. The normalized spacial score (nSPS) is 11.3. The Kier molecular flexibility index (Phi) is 13.3. The lowest BCUT2D eigenvalue weighted by Crippen LogP contribution is -2.25. The number of nitrogens with zero attached hydrogens (tertiary/aromatic N) is 5. The highest BCUT2D eigenvalue weighted by atomic mass is 16.5. The second-order valence-corrected chi connectivity index (χ2v) is 9.52. The Hall–Kier alpha value is -4.07. The maximum atomic E-state index is 10.8. The van der Waals surface area contributed by atoms with E-state index in [9.17, 15) is 4.79 Å². The van der Waals surface area contributed by atoms with Gasteiger partial charge in [-0.05, 0) is 98.5 Å². The maximum absolute atomic E-state index is 10.8. The molecule has 0 aliphatic heterocycles. The maximum Gasteiger partial charge on any atom is 0.302 e. The quantitative estimate of drug-likeness (QED) is 0.0963. The van der Waals surface area contributed by atoms with E-state index in [2.05, 4.69) is 51.3 Å². The van der Waals surface area contributed by atoms with Crippen molar-refractivity contribution in [2.75, 3.05) is 31.2 Å². The highest BCUT2D eigenvalue weighted by Gasteiger charge is 2.05. The molecule has 0 amide bonds. The molecular weight excluding hydrogens is 502 g/mol. The average molecular weight is 544 g/mol. The van der Waals surface area contributed by atoms with Gasteiger partial charge in [-0.15, -0.1) is 0 Å². The molecule has 0 fully saturated rings. The smallest absolute Gasteiger partial charge is 0.302 e. The van der Waals surface area contributed by atoms with Gasteiger partial charge in [0, 0.05) is 25.7 Å². The van der Waals surface area contributed by atoms with Crippen molar-refractivity contribution in [1.82, 2.24) is 0 Å². The zero-order valence-corrected chi connectivity index (χ0v) is 24.0. The number of anilines is 1. The van der Waals surface area contributed by atoms with Crippen molar-refractivity contribution in [2.24, 2.45) is 20.5 Å². The molecule has 0 saturated heterocycles. The Morgan fingerprint density at radius 3 is 1.50 bits per heavy atom. The summed E-state index contributed by atoms with van der Waals surface area (Å²) in [6, 6.07) is 23.3. The zero-order chi connectivity index (χ0) is 28.4.